The fourth-order valence-corrected chi connectivity index (χ4v) is 2.63. The Bertz CT molecular complexity index is 915. The SMILES string of the molecule is COc1ccc(OC)c(Nc2ccc(C(=O)NCCc3ccccc3)nn2)c1. The number of hydrogen-bond acceptors (Lipinski definition) is 6. The molecule has 144 valence electrons. The molecule has 1 amide bonds. The van der Waals surface area contributed by atoms with E-state index in [0.717, 1.165) is 6.42 Å². The van der Waals surface area contributed by atoms with Crippen LogP contribution in [0.4, 0.5) is 11.5 Å². The van der Waals surface area contributed by atoms with Crippen molar-refractivity contribution in [3.05, 3.63) is 71.9 Å². The highest BCUT2D eigenvalue weighted by Crippen LogP contribution is 2.30. The fraction of sp³-hybridized carbons (Fsp3) is 0.190. The first kappa shape index (κ1) is 19.2. The summed E-state index contributed by atoms with van der Waals surface area (Å²) in [6.07, 6.45) is 0.759. The van der Waals surface area contributed by atoms with E-state index in [1.165, 1.54) is 5.56 Å². The first-order valence-corrected chi connectivity index (χ1v) is 8.84. The second kappa shape index (κ2) is 9.36. The number of rotatable bonds is 8. The molecule has 0 bridgehead atoms. The predicted octanol–water partition coefficient (Wildman–Crippen LogP) is 3.21. The Morgan fingerprint density at radius 3 is 2.46 bits per heavy atom. The molecule has 28 heavy (non-hydrogen) atoms. The van der Waals surface area contributed by atoms with Gasteiger partial charge < -0.3 is 20.1 Å². The summed E-state index contributed by atoms with van der Waals surface area (Å²) < 4.78 is 10.6. The molecule has 7 nitrogen and oxygen atoms in total. The lowest BCUT2D eigenvalue weighted by Gasteiger charge is -2.12. The van der Waals surface area contributed by atoms with Gasteiger partial charge in [0.15, 0.2) is 11.5 Å². The van der Waals surface area contributed by atoms with Crippen LogP contribution < -0.4 is 20.1 Å². The molecule has 7 heteroatoms. The molecule has 0 atom stereocenters. The number of nitrogens with one attached hydrogen (secondary N) is 2. The molecule has 0 radical (unpaired) electrons. The van der Waals surface area contributed by atoms with Gasteiger partial charge in [0.1, 0.15) is 11.5 Å². The van der Waals surface area contributed by atoms with Crippen LogP contribution in [0.2, 0.25) is 0 Å². The topological polar surface area (TPSA) is 85.4 Å². The van der Waals surface area contributed by atoms with Gasteiger partial charge in [-0.2, -0.15) is 0 Å². The van der Waals surface area contributed by atoms with Crippen LogP contribution in [0, 0.1) is 0 Å². The molecule has 3 aromatic rings. The van der Waals surface area contributed by atoms with Crippen molar-refractivity contribution in [3.8, 4) is 11.5 Å². The van der Waals surface area contributed by atoms with Gasteiger partial charge in [-0.15, -0.1) is 10.2 Å². The average Bonchev–Trinajstić information content (AvgIpc) is 2.75. The Hall–Kier alpha value is -3.61. The number of benzene rings is 2. The molecular formula is C21H22N4O3. The molecule has 1 heterocycles. The third-order valence-corrected chi connectivity index (χ3v) is 4.11. The molecule has 3 rings (SSSR count). The van der Waals surface area contributed by atoms with E-state index in [4.69, 9.17) is 9.47 Å². The van der Waals surface area contributed by atoms with Crippen LogP contribution in [-0.2, 0) is 6.42 Å². The fourth-order valence-electron chi connectivity index (χ4n) is 2.63. The predicted molar refractivity (Wildman–Crippen MR) is 107 cm³/mol. The van der Waals surface area contributed by atoms with Crippen molar-refractivity contribution in [3.63, 3.8) is 0 Å². The summed E-state index contributed by atoms with van der Waals surface area (Å²) in [6, 6.07) is 18.7. The van der Waals surface area contributed by atoms with E-state index in [0.29, 0.717) is 29.5 Å². The van der Waals surface area contributed by atoms with Crippen molar-refractivity contribution in [2.45, 2.75) is 6.42 Å². The van der Waals surface area contributed by atoms with E-state index in [1.807, 2.05) is 30.3 Å². The number of hydrogen-bond donors (Lipinski definition) is 2. The van der Waals surface area contributed by atoms with Gasteiger partial charge in [0.05, 0.1) is 19.9 Å². The number of nitrogens with zero attached hydrogens (tertiary/aromatic N) is 2. The number of anilines is 2. The summed E-state index contributed by atoms with van der Waals surface area (Å²) in [6.45, 7) is 0.533. The average molecular weight is 378 g/mol. The van der Waals surface area contributed by atoms with Crippen molar-refractivity contribution >= 4 is 17.4 Å². The third-order valence-electron chi connectivity index (χ3n) is 4.11. The Kier molecular flexibility index (Phi) is 6.41. The minimum atomic E-state index is -0.256. The zero-order valence-electron chi connectivity index (χ0n) is 15.8. The summed E-state index contributed by atoms with van der Waals surface area (Å²) in [4.78, 5) is 12.2. The van der Waals surface area contributed by atoms with Crippen LogP contribution in [0.3, 0.4) is 0 Å². The van der Waals surface area contributed by atoms with Gasteiger partial charge in [0, 0.05) is 12.6 Å². The normalized spacial score (nSPS) is 10.2. The molecule has 2 N–H and O–H groups in total. The standard InChI is InChI=1S/C21H22N4O3/c1-27-16-8-10-19(28-2)18(14-16)23-20-11-9-17(24-25-20)21(26)22-13-12-15-6-4-3-5-7-15/h3-11,14H,12-13H2,1-2H3,(H,22,26)(H,23,25). The monoisotopic (exact) mass is 378 g/mol. The maximum absolute atomic E-state index is 12.2. The van der Waals surface area contributed by atoms with E-state index < -0.39 is 0 Å². The van der Waals surface area contributed by atoms with E-state index in [1.54, 1.807) is 44.6 Å². The van der Waals surface area contributed by atoms with Crippen molar-refractivity contribution < 1.29 is 14.3 Å². The summed E-state index contributed by atoms with van der Waals surface area (Å²) >= 11 is 0. The minimum absolute atomic E-state index is 0.256. The summed E-state index contributed by atoms with van der Waals surface area (Å²) in [5.41, 5.74) is 2.12. The molecule has 0 aliphatic rings. The van der Waals surface area contributed by atoms with Gasteiger partial charge in [0.2, 0.25) is 0 Å². The number of methoxy groups -OCH3 is 2. The summed E-state index contributed by atoms with van der Waals surface area (Å²) in [5, 5.41) is 14.0. The Morgan fingerprint density at radius 1 is 0.964 bits per heavy atom. The highest BCUT2D eigenvalue weighted by molar-refractivity contribution is 5.92. The highest BCUT2D eigenvalue weighted by Gasteiger charge is 2.10. The second-order valence-electron chi connectivity index (χ2n) is 5.99. The molecule has 0 fully saturated rings. The molecule has 0 aliphatic carbocycles. The zero-order valence-corrected chi connectivity index (χ0v) is 15.8. The lowest BCUT2D eigenvalue weighted by Crippen LogP contribution is -2.26. The number of amides is 1. The second-order valence-corrected chi connectivity index (χ2v) is 5.99. The van der Waals surface area contributed by atoms with Crippen molar-refractivity contribution in [1.29, 1.82) is 0 Å². The number of carbonyl (C=O) groups excluding carboxylic acids is 1. The largest absolute Gasteiger partial charge is 0.497 e. The van der Waals surface area contributed by atoms with E-state index >= 15 is 0 Å². The first-order valence-electron chi connectivity index (χ1n) is 8.84. The molecule has 0 saturated heterocycles. The first-order chi connectivity index (χ1) is 13.7. The Morgan fingerprint density at radius 2 is 1.79 bits per heavy atom. The minimum Gasteiger partial charge on any atom is -0.497 e. The Labute approximate surface area is 163 Å². The molecule has 0 aliphatic heterocycles. The van der Waals surface area contributed by atoms with Crippen molar-refractivity contribution in [1.82, 2.24) is 15.5 Å². The van der Waals surface area contributed by atoms with Gasteiger partial charge >= 0.3 is 0 Å². The number of aromatic nitrogens is 2. The van der Waals surface area contributed by atoms with Gasteiger partial charge in [-0.25, -0.2) is 0 Å². The molecule has 2 aromatic carbocycles. The molecule has 1 aromatic heterocycles. The summed E-state index contributed by atoms with van der Waals surface area (Å²) in [5.74, 6) is 1.57. The lowest BCUT2D eigenvalue weighted by molar-refractivity contribution is 0.0948. The van der Waals surface area contributed by atoms with Crippen molar-refractivity contribution in [2.24, 2.45) is 0 Å². The highest BCUT2D eigenvalue weighted by atomic mass is 16.5. The van der Waals surface area contributed by atoms with Gasteiger partial charge in [-0.05, 0) is 36.2 Å². The van der Waals surface area contributed by atoms with Crippen molar-refractivity contribution in [2.75, 3.05) is 26.1 Å². The van der Waals surface area contributed by atoms with Gasteiger partial charge in [0.25, 0.3) is 5.91 Å². The molecule has 0 spiro atoms. The quantitative estimate of drug-likeness (QED) is 0.626. The lowest BCUT2D eigenvalue weighted by atomic mass is 10.1. The summed E-state index contributed by atoms with van der Waals surface area (Å²) in [7, 11) is 3.18. The Balaban J connectivity index is 1.59. The third kappa shape index (κ3) is 4.97. The molecular weight excluding hydrogens is 356 g/mol. The van der Waals surface area contributed by atoms with E-state index in [2.05, 4.69) is 20.8 Å². The van der Waals surface area contributed by atoms with Gasteiger partial charge in [-0.1, -0.05) is 30.3 Å². The van der Waals surface area contributed by atoms with Crippen LogP contribution in [0.5, 0.6) is 11.5 Å². The van der Waals surface area contributed by atoms with Crippen LogP contribution >= 0.6 is 0 Å². The molecule has 0 unspecified atom stereocenters. The van der Waals surface area contributed by atoms with Crippen LogP contribution in [0.15, 0.2) is 60.7 Å². The molecule has 0 saturated carbocycles. The van der Waals surface area contributed by atoms with Crippen LogP contribution in [0.25, 0.3) is 0 Å². The van der Waals surface area contributed by atoms with Gasteiger partial charge in [-0.3, -0.25) is 4.79 Å². The van der Waals surface area contributed by atoms with E-state index in [9.17, 15) is 4.79 Å². The zero-order chi connectivity index (χ0) is 19.8. The van der Waals surface area contributed by atoms with Crippen LogP contribution in [0.1, 0.15) is 16.1 Å². The number of ether oxygens (including phenoxy) is 2. The number of carbonyl (C=O) groups is 1. The van der Waals surface area contributed by atoms with Crippen LogP contribution in [-0.4, -0.2) is 36.9 Å². The maximum atomic E-state index is 12.2. The maximum Gasteiger partial charge on any atom is 0.271 e. The van der Waals surface area contributed by atoms with E-state index in [-0.39, 0.29) is 11.6 Å². The smallest absolute Gasteiger partial charge is 0.271 e.